The summed E-state index contributed by atoms with van der Waals surface area (Å²) in [5, 5.41) is 0.930. The molecule has 0 saturated carbocycles. The van der Waals surface area contributed by atoms with Crippen LogP contribution in [-0.4, -0.2) is 18.1 Å². The van der Waals surface area contributed by atoms with Gasteiger partial charge in [-0.25, -0.2) is 4.79 Å². The molecule has 4 nitrogen and oxygen atoms in total. The van der Waals surface area contributed by atoms with E-state index in [-0.39, 0.29) is 11.3 Å². The van der Waals surface area contributed by atoms with Gasteiger partial charge < -0.3 is 10.5 Å². The van der Waals surface area contributed by atoms with Gasteiger partial charge in [-0.1, -0.05) is 23.2 Å². The third-order valence-electron chi connectivity index (χ3n) is 2.53. The highest BCUT2D eigenvalue weighted by molar-refractivity contribution is 6.35. The van der Waals surface area contributed by atoms with Crippen LogP contribution >= 0.6 is 23.2 Å². The number of rotatable bonds is 2. The number of aromatic nitrogens is 1. The average Bonchev–Trinajstić information content (AvgIpc) is 2.37. The first-order valence-corrected chi connectivity index (χ1v) is 6.07. The predicted molar refractivity (Wildman–Crippen MR) is 75.4 cm³/mol. The summed E-state index contributed by atoms with van der Waals surface area (Å²) < 4.78 is 4.66. The Bertz CT molecular complexity index is 624. The molecule has 2 rings (SSSR count). The van der Waals surface area contributed by atoms with E-state index in [1.54, 1.807) is 18.2 Å². The highest BCUT2D eigenvalue weighted by atomic mass is 35.5. The molecular weight excluding hydrogens is 287 g/mol. The zero-order valence-electron chi connectivity index (χ0n) is 9.98. The van der Waals surface area contributed by atoms with E-state index < -0.39 is 5.97 Å². The number of ether oxygens (including phenoxy) is 1. The van der Waals surface area contributed by atoms with Crippen LogP contribution in [0.1, 0.15) is 10.4 Å². The second kappa shape index (κ2) is 5.47. The number of nitrogens with two attached hydrogens (primary N) is 1. The summed E-state index contributed by atoms with van der Waals surface area (Å²) >= 11 is 11.9. The van der Waals surface area contributed by atoms with E-state index in [1.807, 2.05) is 0 Å². The van der Waals surface area contributed by atoms with Crippen molar-refractivity contribution in [3.8, 4) is 11.3 Å². The molecule has 1 aromatic heterocycles. The largest absolute Gasteiger partial charge is 0.465 e. The van der Waals surface area contributed by atoms with Crippen molar-refractivity contribution in [1.29, 1.82) is 0 Å². The van der Waals surface area contributed by atoms with Crippen LogP contribution in [0, 0.1) is 0 Å². The first-order chi connectivity index (χ1) is 9.02. The van der Waals surface area contributed by atoms with Crippen molar-refractivity contribution in [1.82, 2.24) is 4.98 Å². The van der Waals surface area contributed by atoms with Crippen LogP contribution in [0.4, 0.5) is 5.69 Å². The predicted octanol–water partition coefficient (Wildman–Crippen LogP) is 3.42. The molecule has 1 heterocycles. The number of hydrogen-bond donors (Lipinski definition) is 1. The fourth-order valence-corrected chi connectivity index (χ4v) is 2.21. The second-order valence-electron chi connectivity index (χ2n) is 3.77. The van der Waals surface area contributed by atoms with Gasteiger partial charge >= 0.3 is 5.97 Å². The number of carbonyl (C=O) groups is 1. The molecule has 98 valence electrons. The van der Waals surface area contributed by atoms with Crippen LogP contribution in [0.25, 0.3) is 11.3 Å². The number of pyridine rings is 1. The fraction of sp³-hybridized carbons (Fsp3) is 0.0769. The minimum atomic E-state index is -0.519. The first-order valence-electron chi connectivity index (χ1n) is 5.32. The van der Waals surface area contributed by atoms with Crippen molar-refractivity contribution >= 4 is 34.9 Å². The SMILES string of the molecule is COC(=O)c1ccnc(-c2cc(Cl)cc(Cl)c2)c1N. The van der Waals surface area contributed by atoms with E-state index in [0.29, 0.717) is 21.3 Å². The van der Waals surface area contributed by atoms with Gasteiger partial charge in [0.25, 0.3) is 0 Å². The molecule has 0 aliphatic heterocycles. The number of hydrogen-bond acceptors (Lipinski definition) is 4. The van der Waals surface area contributed by atoms with Crippen molar-refractivity contribution < 1.29 is 9.53 Å². The normalized spacial score (nSPS) is 10.3. The van der Waals surface area contributed by atoms with Gasteiger partial charge in [0.05, 0.1) is 24.1 Å². The van der Waals surface area contributed by atoms with Crippen LogP contribution < -0.4 is 5.73 Å². The minimum absolute atomic E-state index is 0.229. The van der Waals surface area contributed by atoms with Gasteiger partial charge in [-0.2, -0.15) is 0 Å². The van der Waals surface area contributed by atoms with E-state index in [2.05, 4.69) is 9.72 Å². The molecule has 0 unspecified atom stereocenters. The van der Waals surface area contributed by atoms with Crippen LogP contribution in [-0.2, 0) is 4.74 Å². The molecule has 0 aliphatic rings. The summed E-state index contributed by atoms with van der Waals surface area (Å²) in [5.41, 5.74) is 7.50. The summed E-state index contributed by atoms with van der Waals surface area (Å²) in [4.78, 5) is 15.7. The fourth-order valence-electron chi connectivity index (χ4n) is 1.68. The molecule has 0 aliphatic carbocycles. The maximum absolute atomic E-state index is 11.6. The van der Waals surface area contributed by atoms with Crippen molar-refractivity contribution in [3.05, 3.63) is 46.1 Å². The van der Waals surface area contributed by atoms with E-state index in [4.69, 9.17) is 28.9 Å². The number of carbonyl (C=O) groups excluding carboxylic acids is 1. The highest BCUT2D eigenvalue weighted by Crippen LogP contribution is 2.31. The minimum Gasteiger partial charge on any atom is -0.465 e. The van der Waals surface area contributed by atoms with E-state index >= 15 is 0 Å². The third-order valence-corrected chi connectivity index (χ3v) is 2.97. The molecule has 0 atom stereocenters. The monoisotopic (exact) mass is 296 g/mol. The molecule has 2 aromatic rings. The van der Waals surface area contributed by atoms with Crippen molar-refractivity contribution in [3.63, 3.8) is 0 Å². The summed E-state index contributed by atoms with van der Waals surface area (Å²) in [6.07, 6.45) is 1.48. The van der Waals surface area contributed by atoms with Crippen LogP contribution in [0.5, 0.6) is 0 Å². The molecule has 0 radical (unpaired) electrons. The molecule has 19 heavy (non-hydrogen) atoms. The van der Waals surface area contributed by atoms with E-state index in [0.717, 1.165) is 0 Å². The number of nitrogen functional groups attached to an aromatic ring is 1. The van der Waals surface area contributed by atoms with Crippen LogP contribution in [0.2, 0.25) is 10.0 Å². The number of nitrogens with zero attached hydrogens (tertiary/aromatic N) is 1. The third kappa shape index (κ3) is 2.80. The molecule has 0 amide bonds. The number of esters is 1. The standard InChI is InChI=1S/C13H10Cl2N2O2/c1-19-13(18)10-2-3-17-12(11(10)16)7-4-8(14)6-9(15)5-7/h2-6H,16H2,1H3. The van der Waals surface area contributed by atoms with Gasteiger partial charge in [0, 0.05) is 21.8 Å². The van der Waals surface area contributed by atoms with Crippen molar-refractivity contribution in [2.45, 2.75) is 0 Å². The Morgan fingerprint density at radius 1 is 1.26 bits per heavy atom. The topological polar surface area (TPSA) is 65.2 Å². The summed E-state index contributed by atoms with van der Waals surface area (Å²) in [5.74, 6) is -0.519. The zero-order chi connectivity index (χ0) is 14.0. The number of anilines is 1. The van der Waals surface area contributed by atoms with Crippen LogP contribution in [0.15, 0.2) is 30.5 Å². The smallest absolute Gasteiger partial charge is 0.340 e. The maximum Gasteiger partial charge on any atom is 0.340 e. The molecule has 6 heteroatoms. The summed E-state index contributed by atoms with van der Waals surface area (Å²) in [6.45, 7) is 0. The van der Waals surface area contributed by atoms with Crippen molar-refractivity contribution in [2.75, 3.05) is 12.8 Å². The summed E-state index contributed by atoms with van der Waals surface area (Å²) in [7, 11) is 1.29. The Hall–Kier alpha value is -1.78. The summed E-state index contributed by atoms with van der Waals surface area (Å²) in [6, 6.07) is 6.45. The Morgan fingerprint density at radius 2 is 1.89 bits per heavy atom. The van der Waals surface area contributed by atoms with Gasteiger partial charge in [-0.05, 0) is 24.3 Å². The van der Waals surface area contributed by atoms with Gasteiger partial charge in [0.15, 0.2) is 0 Å². The highest BCUT2D eigenvalue weighted by Gasteiger charge is 2.15. The average molecular weight is 297 g/mol. The molecule has 0 fully saturated rings. The second-order valence-corrected chi connectivity index (χ2v) is 4.64. The van der Waals surface area contributed by atoms with Gasteiger partial charge in [-0.15, -0.1) is 0 Å². The van der Waals surface area contributed by atoms with Gasteiger partial charge in [0.1, 0.15) is 0 Å². The Kier molecular flexibility index (Phi) is 3.93. The molecule has 0 bridgehead atoms. The van der Waals surface area contributed by atoms with E-state index in [9.17, 15) is 4.79 Å². The van der Waals surface area contributed by atoms with Gasteiger partial charge in [0.2, 0.25) is 0 Å². The number of halogens is 2. The van der Waals surface area contributed by atoms with Crippen molar-refractivity contribution in [2.24, 2.45) is 0 Å². The maximum atomic E-state index is 11.6. The lowest BCUT2D eigenvalue weighted by Crippen LogP contribution is -2.07. The lowest BCUT2D eigenvalue weighted by Gasteiger charge is -2.09. The lowest BCUT2D eigenvalue weighted by atomic mass is 10.1. The molecule has 0 spiro atoms. The number of benzene rings is 1. The molecule has 0 saturated heterocycles. The lowest BCUT2D eigenvalue weighted by molar-refractivity contribution is 0.0602. The molecule has 1 aromatic carbocycles. The van der Waals surface area contributed by atoms with Crippen LogP contribution in [0.3, 0.4) is 0 Å². The Labute approximate surface area is 120 Å². The Balaban J connectivity index is 2.60. The van der Waals surface area contributed by atoms with E-state index in [1.165, 1.54) is 19.4 Å². The first kappa shape index (κ1) is 13.6. The quantitative estimate of drug-likeness (QED) is 0.862. The molecular formula is C13H10Cl2N2O2. The zero-order valence-corrected chi connectivity index (χ0v) is 11.5. The molecule has 2 N–H and O–H groups in total. The van der Waals surface area contributed by atoms with Gasteiger partial charge in [-0.3, -0.25) is 4.98 Å². The number of methoxy groups -OCH3 is 1. The Morgan fingerprint density at radius 3 is 2.47 bits per heavy atom.